The lowest BCUT2D eigenvalue weighted by Gasteiger charge is -2.31. The molecule has 0 fully saturated rings. The summed E-state index contributed by atoms with van der Waals surface area (Å²) < 4.78 is 16.6. The fourth-order valence-corrected chi connectivity index (χ4v) is 2.54. The minimum Gasteiger partial charge on any atom is -0.472 e. The monoisotopic (exact) mass is 388 g/mol. The van der Waals surface area contributed by atoms with Crippen LogP contribution in [0.2, 0.25) is 0 Å². The van der Waals surface area contributed by atoms with Crippen molar-refractivity contribution < 1.29 is 33.7 Å². The van der Waals surface area contributed by atoms with Crippen molar-refractivity contribution in [1.29, 1.82) is 0 Å². The van der Waals surface area contributed by atoms with Gasteiger partial charge in [-0.1, -0.05) is 5.92 Å². The third kappa shape index (κ3) is 5.03. The molecule has 1 N–H and O–H groups in total. The Balaban J connectivity index is 2.43. The maximum atomic E-state index is 12.9. The van der Waals surface area contributed by atoms with E-state index in [2.05, 4.69) is 5.92 Å². The number of fused-ring (bicyclic) bond motifs is 1. The van der Waals surface area contributed by atoms with E-state index < -0.39 is 34.7 Å². The lowest BCUT2D eigenvalue weighted by molar-refractivity contribution is -0.191. The van der Waals surface area contributed by atoms with E-state index in [0.717, 1.165) is 0 Å². The Morgan fingerprint density at radius 3 is 2.04 bits per heavy atom. The van der Waals surface area contributed by atoms with Crippen LogP contribution in [0.4, 0.5) is 0 Å². The summed E-state index contributed by atoms with van der Waals surface area (Å²) in [6.45, 7) is 10.1. The molecular formula is C21H24O7. The predicted octanol–water partition coefficient (Wildman–Crippen LogP) is 2.48. The van der Waals surface area contributed by atoms with Crippen LogP contribution < -0.4 is 4.74 Å². The number of carbonyl (C=O) groups is 3. The minimum atomic E-state index is -1.97. The molecule has 0 saturated carbocycles. The number of rotatable bonds is 2. The third-order valence-electron chi connectivity index (χ3n) is 3.56. The lowest BCUT2D eigenvalue weighted by atomic mass is 9.95. The Morgan fingerprint density at radius 2 is 1.57 bits per heavy atom. The van der Waals surface area contributed by atoms with Crippen molar-refractivity contribution in [3.05, 3.63) is 29.3 Å². The molecule has 0 aliphatic carbocycles. The zero-order chi connectivity index (χ0) is 21.3. The molecule has 0 unspecified atom stereocenters. The highest BCUT2D eigenvalue weighted by Crippen LogP contribution is 2.38. The van der Waals surface area contributed by atoms with E-state index in [4.69, 9.17) is 19.3 Å². The first kappa shape index (κ1) is 21.3. The van der Waals surface area contributed by atoms with Gasteiger partial charge in [-0.3, -0.25) is 0 Å². The van der Waals surface area contributed by atoms with E-state index in [1.165, 1.54) is 6.07 Å². The number of aliphatic carboxylic acids is 1. The Hall–Kier alpha value is -3.01. The van der Waals surface area contributed by atoms with Gasteiger partial charge in [0.05, 0.1) is 0 Å². The average Bonchev–Trinajstić information content (AvgIpc) is 2.89. The Bertz CT molecular complexity index is 845. The molecule has 7 nitrogen and oxygen atoms in total. The van der Waals surface area contributed by atoms with Crippen molar-refractivity contribution in [3.8, 4) is 17.6 Å². The number of esters is 2. The summed E-state index contributed by atoms with van der Waals surface area (Å²) in [5.74, 6) is 1.90. The van der Waals surface area contributed by atoms with Gasteiger partial charge in [0.15, 0.2) is 0 Å². The molecular weight excluding hydrogens is 364 g/mol. The van der Waals surface area contributed by atoms with Crippen molar-refractivity contribution >= 4 is 17.9 Å². The Labute approximate surface area is 164 Å². The first-order valence-corrected chi connectivity index (χ1v) is 8.76. The fraction of sp³-hybridized carbons (Fsp3) is 0.476. The van der Waals surface area contributed by atoms with Crippen LogP contribution in [-0.4, -0.2) is 39.8 Å². The zero-order valence-corrected chi connectivity index (χ0v) is 16.8. The third-order valence-corrected chi connectivity index (χ3v) is 3.56. The second kappa shape index (κ2) is 7.19. The largest absolute Gasteiger partial charge is 0.472 e. The average molecular weight is 388 g/mol. The first-order chi connectivity index (χ1) is 12.7. The SMILES string of the molecule is CC(C)(C)OC(=O)C1(C(=O)OC(C)(C)C)Cc2cc(C#CC(=O)O)ccc2O1. The number of hydrogen-bond donors (Lipinski definition) is 1. The number of carbonyl (C=O) groups excluding carboxylic acids is 2. The molecule has 2 rings (SSSR count). The van der Waals surface area contributed by atoms with Gasteiger partial charge >= 0.3 is 23.5 Å². The van der Waals surface area contributed by atoms with Gasteiger partial charge in [0.2, 0.25) is 0 Å². The topological polar surface area (TPSA) is 99.1 Å². The smallest absolute Gasteiger partial charge is 0.382 e. The molecule has 150 valence electrons. The van der Waals surface area contributed by atoms with E-state index in [1.807, 2.05) is 5.92 Å². The summed E-state index contributed by atoms with van der Waals surface area (Å²) in [4.78, 5) is 36.5. The minimum absolute atomic E-state index is 0.102. The van der Waals surface area contributed by atoms with Crippen LogP contribution in [0.15, 0.2) is 18.2 Å². The van der Waals surface area contributed by atoms with E-state index >= 15 is 0 Å². The molecule has 1 aromatic carbocycles. The quantitative estimate of drug-likeness (QED) is 0.472. The molecule has 0 amide bonds. The van der Waals surface area contributed by atoms with Gasteiger partial charge in [-0.15, -0.1) is 0 Å². The predicted molar refractivity (Wildman–Crippen MR) is 99.7 cm³/mol. The Kier molecular flexibility index (Phi) is 5.47. The molecule has 0 spiro atoms. The van der Waals surface area contributed by atoms with Crippen molar-refractivity contribution in [2.45, 2.75) is 64.8 Å². The van der Waals surface area contributed by atoms with Gasteiger partial charge in [0.1, 0.15) is 17.0 Å². The van der Waals surface area contributed by atoms with Crippen molar-refractivity contribution in [2.75, 3.05) is 0 Å². The number of ether oxygens (including phenoxy) is 3. The summed E-state index contributed by atoms with van der Waals surface area (Å²) in [6, 6.07) is 4.68. The van der Waals surface area contributed by atoms with E-state index in [1.54, 1.807) is 53.7 Å². The van der Waals surface area contributed by atoms with Crippen LogP contribution in [0.3, 0.4) is 0 Å². The number of benzene rings is 1. The maximum absolute atomic E-state index is 12.9. The molecule has 7 heteroatoms. The second-order valence-electron chi connectivity index (χ2n) is 8.49. The normalized spacial score (nSPS) is 14.8. The molecule has 0 saturated heterocycles. The molecule has 1 heterocycles. The molecule has 1 aliphatic heterocycles. The van der Waals surface area contributed by atoms with E-state index in [-0.39, 0.29) is 6.42 Å². The Morgan fingerprint density at radius 1 is 1.04 bits per heavy atom. The highest BCUT2D eigenvalue weighted by atomic mass is 16.6. The lowest BCUT2D eigenvalue weighted by Crippen LogP contribution is -2.55. The maximum Gasteiger partial charge on any atom is 0.382 e. The number of carboxylic acid groups (broad SMARTS) is 1. The van der Waals surface area contributed by atoms with Crippen LogP contribution >= 0.6 is 0 Å². The molecule has 0 aromatic heterocycles. The molecule has 0 radical (unpaired) electrons. The van der Waals surface area contributed by atoms with Gasteiger partial charge in [-0.2, -0.15) is 0 Å². The van der Waals surface area contributed by atoms with Gasteiger partial charge in [0, 0.05) is 23.5 Å². The first-order valence-electron chi connectivity index (χ1n) is 8.76. The van der Waals surface area contributed by atoms with Crippen LogP contribution in [0.1, 0.15) is 52.7 Å². The molecule has 1 aliphatic rings. The summed E-state index contributed by atoms with van der Waals surface area (Å²) in [5, 5.41) is 8.69. The van der Waals surface area contributed by atoms with Gasteiger partial charge in [0.25, 0.3) is 0 Å². The summed E-state index contributed by atoms with van der Waals surface area (Å²) in [6.07, 6.45) is -0.102. The fourth-order valence-electron chi connectivity index (χ4n) is 2.54. The van der Waals surface area contributed by atoms with Gasteiger partial charge in [-0.25, -0.2) is 14.4 Å². The number of carboxylic acids is 1. The van der Waals surface area contributed by atoms with E-state index in [9.17, 15) is 14.4 Å². The van der Waals surface area contributed by atoms with E-state index in [0.29, 0.717) is 16.9 Å². The zero-order valence-electron chi connectivity index (χ0n) is 16.8. The molecule has 28 heavy (non-hydrogen) atoms. The highest BCUT2D eigenvalue weighted by Gasteiger charge is 2.57. The summed E-state index contributed by atoms with van der Waals surface area (Å²) in [7, 11) is 0. The molecule has 0 atom stereocenters. The van der Waals surface area contributed by atoms with Gasteiger partial charge in [-0.05, 0) is 59.7 Å². The van der Waals surface area contributed by atoms with Crippen molar-refractivity contribution in [1.82, 2.24) is 0 Å². The van der Waals surface area contributed by atoms with Crippen molar-refractivity contribution in [2.24, 2.45) is 0 Å². The standard InChI is InChI=1S/C21H24O7/c1-19(2,3)27-17(24)21(18(25)28-20(4,5)6)12-14-11-13(8-10-16(22)23)7-9-15(14)26-21/h7,9,11H,12H2,1-6H3,(H,22,23). The highest BCUT2D eigenvalue weighted by molar-refractivity contribution is 6.05. The van der Waals surface area contributed by atoms with Crippen molar-refractivity contribution in [3.63, 3.8) is 0 Å². The van der Waals surface area contributed by atoms with Gasteiger partial charge < -0.3 is 19.3 Å². The van der Waals surface area contributed by atoms with Crippen LogP contribution in [0, 0.1) is 11.8 Å². The summed E-state index contributed by atoms with van der Waals surface area (Å²) >= 11 is 0. The van der Waals surface area contributed by atoms with Crippen LogP contribution in [-0.2, 0) is 30.3 Å². The number of hydrogen-bond acceptors (Lipinski definition) is 6. The summed E-state index contributed by atoms with van der Waals surface area (Å²) in [5.41, 5.74) is -2.67. The van der Waals surface area contributed by atoms with Crippen LogP contribution in [0.5, 0.6) is 5.75 Å². The molecule has 1 aromatic rings. The van der Waals surface area contributed by atoms with Crippen LogP contribution in [0.25, 0.3) is 0 Å². The second-order valence-corrected chi connectivity index (χ2v) is 8.49. The molecule has 0 bridgehead atoms.